The number of hydrogen-bond acceptors (Lipinski definition) is 4. The summed E-state index contributed by atoms with van der Waals surface area (Å²) in [5.74, 6) is 0. The molecule has 0 aliphatic rings. The molecule has 0 bridgehead atoms. The quantitative estimate of drug-likeness (QED) is 0.390. The predicted octanol–water partition coefficient (Wildman–Crippen LogP) is 0.276. The zero-order valence-electron chi connectivity index (χ0n) is 7.14. The normalized spacial score (nSPS) is 9.15. The van der Waals surface area contributed by atoms with Gasteiger partial charge in [0.15, 0.2) is 0 Å². The van der Waals surface area contributed by atoms with Crippen molar-refractivity contribution in [3.63, 3.8) is 0 Å². The van der Waals surface area contributed by atoms with Crippen LogP contribution in [0.3, 0.4) is 0 Å². The van der Waals surface area contributed by atoms with Gasteiger partial charge in [0.25, 0.3) is 0 Å². The van der Waals surface area contributed by atoms with E-state index in [-0.39, 0.29) is 48.9 Å². The molecule has 0 spiro atoms. The van der Waals surface area contributed by atoms with Crippen molar-refractivity contribution in [2.24, 2.45) is 0 Å². The third-order valence-corrected chi connectivity index (χ3v) is 0.940. The Morgan fingerprint density at radius 3 is 1.54 bits per heavy atom. The van der Waals surface area contributed by atoms with E-state index < -0.39 is 10.4 Å². The Morgan fingerprint density at radius 1 is 1.08 bits per heavy atom. The summed E-state index contributed by atoms with van der Waals surface area (Å²) in [5, 5.41) is 0. The van der Waals surface area contributed by atoms with Gasteiger partial charge in [-0.25, -0.2) is 0 Å². The summed E-state index contributed by atoms with van der Waals surface area (Å²) in [6.07, 6.45) is 0. The molecule has 0 unspecified atom stereocenters. The van der Waals surface area contributed by atoms with Crippen molar-refractivity contribution in [1.82, 2.24) is 0 Å². The first-order valence-electron chi connectivity index (χ1n) is 3.08. The van der Waals surface area contributed by atoms with E-state index in [1.165, 1.54) is 5.56 Å². The summed E-state index contributed by atoms with van der Waals surface area (Å²) in [6, 6.07) is 10.3. The van der Waals surface area contributed by atoms with E-state index in [9.17, 15) is 0 Å². The van der Waals surface area contributed by atoms with Crippen LogP contribution in [0.1, 0.15) is 5.56 Å². The minimum atomic E-state index is -5.17. The smallest absolute Gasteiger partial charge is 0.759 e. The third kappa shape index (κ3) is 19.2. The average molecular weight is 326 g/mol. The molecule has 4 nitrogen and oxygen atoms in total. The second-order valence-corrected chi connectivity index (χ2v) is 2.88. The van der Waals surface area contributed by atoms with Crippen LogP contribution in [0.4, 0.5) is 0 Å². The molecular weight excluding hydrogens is 317 g/mol. The minimum absolute atomic E-state index is 0. The van der Waals surface area contributed by atoms with Gasteiger partial charge in [-0.3, -0.25) is 8.42 Å². The maximum absolute atomic E-state index is 8.52. The summed E-state index contributed by atoms with van der Waals surface area (Å²) in [5.41, 5.74) is 1.32. The van der Waals surface area contributed by atoms with Crippen LogP contribution < -0.4 is 0 Å². The van der Waals surface area contributed by atoms with Crippen molar-refractivity contribution in [3.8, 4) is 0 Å². The first kappa shape index (κ1) is 16.1. The van der Waals surface area contributed by atoms with Crippen LogP contribution in [0.15, 0.2) is 30.3 Å². The fourth-order valence-electron chi connectivity index (χ4n) is 0.534. The summed E-state index contributed by atoms with van der Waals surface area (Å²) in [4.78, 5) is 0. The van der Waals surface area contributed by atoms with Crippen molar-refractivity contribution < 1.29 is 17.5 Å². The molecule has 6 heteroatoms. The van der Waals surface area contributed by atoms with Crippen molar-refractivity contribution >= 4 is 59.3 Å². The topological polar surface area (TPSA) is 80.3 Å². The van der Waals surface area contributed by atoms with E-state index in [4.69, 9.17) is 17.5 Å². The van der Waals surface area contributed by atoms with Gasteiger partial charge in [-0.05, 0) is 6.92 Å². The van der Waals surface area contributed by atoms with Crippen LogP contribution in [0, 0.1) is 6.92 Å². The zero-order chi connectivity index (χ0) is 9.61. The first-order chi connectivity index (χ1) is 5.39. The van der Waals surface area contributed by atoms with Crippen LogP contribution in [-0.2, 0) is 10.4 Å². The van der Waals surface area contributed by atoms with Crippen molar-refractivity contribution in [2.45, 2.75) is 6.92 Å². The molecule has 0 saturated carbocycles. The molecule has 68 valence electrons. The number of rotatable bonds is 0. The van der Waals surface area contributed by atoms with E-state index in [2.05, 4.69) is 19.1 Å². The standard InChI is InChI=1S/C7H8.Ba.H2O4S/c1-7-5-3-2-4-6-7;;1-5(2,3)4/h2-6H,1H3;;(H2,1,2,3,4)/q;+2;/p-2. The predicted molar refractivity (Wildman–Crippen MR) is 47.4 cm³/mol. The first-order valence-corrected chi connectivity index (χ1v) is 4.41. The summed E-state index contributed by atoms with van der Waals surface area (Å²) < 4.78 is 34.1. The molecular formula is C7H8BaO4S. The summed E-state index contributed by atoms with van der Waals surface area (Å²) in [7, 11) is -5.17. The molecule has 0 fully saturated rings. The van der Waals surface area contributed by atoms with Gasteiger partial charge in [0, 0.05) is 10.4 Å². The molecule has 0 heterocycles. The molecule has 1 aromatic carbocycles. The molecule has 0 saturated heterocycles. The van der Waals surface area contributed by atoms with Gasteiger partial charge in [0.05, 0.1) is 0 Å². The van der Waals surface area contributed by atoms with Crippen LogP contribution in [0.5, 0.6) is 0 Å². The Labute approximate surface area is 118 Å². The molecule has 0 atom stereocenters. The van der Waals surface area contributed by atoms with E-state index in [1.807, 2.05) is 18.2 Å². The third-order valence-electron chi connectivity index (χ3n) is 0.940. The second kappa shape index (κ2) is 8.01. The Hall–Kier alpha value is 0.661. The van der Waals surface area contributed by atoms with Gasteiger partial charge in [-0.1, -0.05) is 35.9 Å². The van der Waals surface area contributed by atoms with Crippen molar-refractivity contribution in [1.29, 1.82) is 0 Å². The molecule has 0 aromatic heterocycles. The molecule has 1 aromatic rings. The van der Waals surface area contributed by atoms with E-state index in [0.717, 1.165) is 0 Å². The van der Waals surface area contributed by atoms with Gasteiger partial charge in [0.1, 0.15) is 0 Å². The van der Waals surface area contributed by atoms with Gasteiger partial charge in [0.2, 0.25) is 0 Å². The summed E-state index contributed by atoms with van der Waals surface area (Å²) in [6.45, 7) is 2.08. The Bertz CT molecular complexity index is 301. The number of benzene rings is 1. The zero-order valence-corrected chi connectivity index (χ0v) is 12.4. The Kier molecular flexibility index (Phi) is 9.92. The molecule has 0 aliphatic carbocycles. The molecule has 0 N–H and O–H groups in total. The Balaban J connectivity index is 0. The van der Waals surface area contributed by atoms with Crippen LogP contribution >= 0.6 is 0 Å². The fourth-order valence-corrected chi connectivity index (χ4v) is 0.534. The monoisotopic (exact) mass is 326 g/mol. The van der Waals surface area contributed by atoms with Gasteiger partial charge in [-0.15, -0.1) is 0 Å². The van der Waals surface area contributed by atoms with Gasteiger partial charge in [-0.2, -0.15) is 0 Å². The van der Waals surface area contributed by atoms with E-state index in [0.29, 0.717) is 0 Å². The molecule has 0 amide bonds. The van der Waals surface area contributed by atoms with Crippen LogP contribution in [0.2, 0.25) is 0 Å². The number of aryl methyl sites for hydroxylation is 1. The molecule has 1 rings (SSSR count). The van der Waals surface area contributed by atoms with Crippen molar-refractivity contribution in [3.05, 3.63) is 35.9 Å². The van der Waals surface area contributed by atoms with E-state index >= 15 is 0 Å². The molecule has 0 aliphatic heterocycles. The summed E-state index contributed by atoms with van der Waals surface area (Å²) >= 11 is 0. The van der Waals surface area contributed by atoms with Gasteiger partial charge >= 0.3 is 48.9 Å². The SMILES string of the molecule is Cc1ccccc1.O=S(=O)([O-])[O-].[Ba+2]. The maximum atomic E-state index is 8.52. The maximum Gasteiger partial charge on any atom is 2.00 e. The Morgan fingerprint density at radius 2 is 1.38 bits per heavy atom. The van der Waals surface area contributed by atoms with Crippen LogP contribution in [-0.4, -0.2) is 66.4 Å². The van der Waals surface area contributed by atoms with E-state index in [1.54, 1.807) is 0 Å². The molecule has 13 heavy (non-hydrogen) atoms. The fraction of sp³-hybridized carbons (Fsp3) is 0.143. The average Bonchev–Trinajstić information content (AvgIpc) is 1.85. The number of hydrogen-bond donors (Lipinski definition) is 0. The minimum Gasteiger partial charge on any atom is -0.759 e. The van der Waals surface area contributed by atoms with Gasteiger partial charge < -0.3 is 9.11 Å². The van der Waals surface area contributed by atoms with Crippen molar-refractivity contribution in [2.75, 3.05) is 0 Å². The molecule has 0 radical (unpaired) electrons. The largest absolute Gasteiger partial charge is 2.00 e. The van der Waals surface area contributed by atoms with Crippen LogP contribution in [0.25, 0.3) is 0 Å². The second-order valence-electron chi connectivity index (χ2n) is 2.06.